The number of ether oxygens (including phenoxy) is 2. The second-order valence-corrected chi connectivity index (χ2v) is 6.88. The van der Waals surface area contributed by atoms with Crippen molar-refractivity contribution in [2.75, 3.05) is 13.2 Å². The van der Waals surface area contributed by atoms with Crippen molar-refractivity contribution in [1.29, 1.82) is 0 Å². The van der Waals surface area contributed by atoms with E-state index in [4.69, 9.17) is 25.6 Å². The van der Waals surface area contributed by atoms with Crippen LogP contribution >= 0.6 is 11.6 Å². The number of aryl methyl sites for hydroxylation is 2. The van der Waals surface area contributed by atoms with Gasteiger partial charge in [0.2, 0.25) is 0 Å². The van der Waals surface area contributed by atoms with E-state index in [1.54, 1.807) is 0 Å². The van der Waals surface area contributed by atoms with Crippen LogP contribution in [0.25, 0.3) is 0 Å². The molecule has 0 spiro atoms. The Morgan fingerprint density at radius 2 is 1.96 bits per heavy atom. The fraction of sp³-hybridized carbons (Fsp3) is 0.529. The summed E-state index contributed by atoms with van der Waals surface area (Å²) in [5.41, 5.74) is 1.23. The molecule has 23 heavy (non-hydrogen) atoms. The average molecular weight is 337 g/mol. The SMILES string of the molecule is Cc1cc(OC(C)(C)c2nc([C@H]3CCOC3)no2)cc(C)c1Cl. The van der Waals surface area contributed by atoms with Crippen molar-refractivity contribution in [3.8, 4) is 5.75 Å². The molecule has 0 amide bonds. The summed E-state index contributed by atoms with van der Waals surface area (Å²) in [6.07, 6.45) is 0.926. The van der Waals surface area contributed by atoms with Gasteiger partial charge >= 0.3 is 0 Å². The van der Waals surface area contributed by atoms with E-state index in [1.807, 2.05) is 39.8 Å². The minimum atomic E-state index is -0.725. The summed E-state index contributed by atoms with van der Waals surface area (Å²) in [6.45, 7) is 9.14. The van der Waals surface area contributed by atoms with Crippen LogP contribution in [0.2, 0.25) is 5.02 Å². The minimum absolute atomic E-state index is 0.211. The molecule has 0 unspecified atom stereocenters. The van der Waals surface area contributed by atoms with Crippen molar-refractivity contribution in [3.05, 3.63) is 40.0 Å². The van der Waals surface area contributed by atoms with E-state index in [1.165, 1.54) is 0 Å². The lowest BCUT2D eigenvalue weighted by molar-refractivity contribution is 0.0691. The van der Waals surface area contributed by atoms with Gasteiger partial charge in [-0.2, -0.15) is 4.98 Å². The van der Waals surface area contributed by atoms with Gasteiger partial charge in [-0.1, -0.05) is 16.8 Å². The van der Waals surface area contributed by atoms with Gasteiger partial charge in [0, 0.05) is 17.5 Å². The minimum Gasteiger partial charge on any atom is -0.478 e. The lowest BCUT2D eigenvalue weighted by atomic mass is 10.1. The summed E-state index contributed by atoms with van der Waals surface area (Å²) in [5, 5.41) is 4.85. The van der Waals surface area contributed by atoms with E-state index in [-0.39, 0.29) is 5.92 Å². The fourth-order valence-electron chi connectivity index (χ4n) is 2.69. The maximum Gasteiger partial charge on any atom is 0.270 e. The molecule has 1 aliphatic heterocycles. The molecule has 124 valence electrons. The Balaban J connectivity index is 1.81. The quantitative estimate of drug-likeness (QED) is 0.839. The molecule has 0 saturated carbocycles. The number of benzene rings is 1. The largest absolute Gasteiger partial charge is 0.478 e. The topological polar surface area (TPSA) is 57.4 Å². The zero-order valence-corrected chi connectivity index (χ0v) is 14.6. The van der Waals surface area contributed by atoms with Crippen LogP contribution in [0, 0.1) is 13.8 Å². The van der Waals surface area contributed by atoms with Gasteiger partial charge in [0.05, 0.1) is 6.61 Å². The molecule has 1 aliphatic rings. The molecule has 1 saturated heterocycles. The van der Waals surface area contributed by atoms with Gasteiger partial charge in [-0.3, -0.25) is 0 Å². The molecule has 3 rings (SSSR count). The van der Waals surface area contributed by atoms with E-state index in [0.29, 0.717) is 18.3 Å². The first-order valence-electron chi connectivity index (χ1n) is 7.74. The van der Waals surface area contributed by atoms with E-state index in [9.17, 15) is 0 Å². The molecule has 0 radical (unpaired) electrons. The Bertz CT molecular complexity index is 683. The predicted molar refractivity (Wildman–Crippen MR) is 87.1 cm³/mol. The third-order valence-corrected chi connectivity index (χ3v) is 4.63. The monoisotopic (exact) mass is 336 g/mol. The van der Waals surface area contributed by atoms with Gasteiger partial charge < -0.3 is 14.0 Å². The van der Waals surface area contributed by atoms with Crippen molar-refractivity contribution in [1.82, 2.24) is 10.1 Å². The Morgan fingerprint density at radius 3 is 2.57 bits per heavy atom. The van der Waals surface area contributed by atoms with Gasteiger partial charge in [0.25, 0.3) is 5.89 Å². The smallest absolute Gasteiger partial charge is 0.270 e. The maximum absolute atomic E-state index is 6.21. The van der Waals surface area contributed by atoms with Gasteiger partial charge in [-0.25, -0.2) is 0 Å². The van der Waals surface area contributed by atoms with Crippen LogP contribution in [0.1, 0.15) is 49.0 Å². The van der Waals surface area contributed by atoms with Crippen molar-refractivity contribution < 1.29 is 14.0 Å². The van der Waals surface area contributed by atoms with Crippen molar-refractivity contribution >= 4 is 11.6 Å². The molecule has 1 fully saturated rings. The highest BCUT2D eigenvalue weighted by Gasteiger charge is 2.32. The fourth-order valence-corrected chi connectivity index (χ4v) is 2.80. The highest BCUT2D eigenvalue weighted by Crippen LogP contribution is 2.32. The van der Waals surface area contributed by atoms with Gasteiger partial charge in [-0.05, 0) is 57.4 Å². The first-order chi connectivity index (χ1) is 10.9. The molecule has 6 heteroatoms. The second-order valence-electron chi connectivity index (χ2n) is 6.50. The predicted octanol–water partition coefficient (Wildman–Crippen LogP) is 4.16. The van der Waals surface area contributed by atoms with Gasteiger partial charge in [0.1, 0.15) is 5.75 Å². The summed E-state index contributed by atoms with van der Waals surface area (Å²) >= 11 is 6.21. The molecular weight excluding hydrogens is 316 g/mol. The molecule has 1 aromatic heterocycles. The summed E-state index contributed by atoms with van der Waals surface area (Å²) in [4.78, 5) is 4.51. The molecule has 0 bridgehead atoms. The van der Waals surface area contributed by atoms with Crippen LogP contribution in [0.4, 0.5) is 0 Å². The Morgan fingerprint density at radius 1 is 1.26 bits per heavy atom. The highest BCUT2D eigenvalue weighted by atomic mass is 35.5. The molecular formula is C17H21ClN2O3. The third-order valence-electron chi connectivity index (χ3n) is 4.03. The van der Waals surface area contributed by atoms with E-state index in [0.717, 1.165) is 34.9 Å². The first kappa shape index (κ1) is 16.3. The van der Waals surface area contributed by atoms with Gasteiger partial charge in [0.15, 0.2) is 11.4 Å². The number of halogens is 1. The summed E-state index contributed by atoms with van der Waals surface area (Å²) in [6, 6.07) is 3.83. The molecule has 1 aromatic carbocycles. The summed E-state index contributed by atoms with van der Waals surface area (Å²) in [5.74, 6) is 2.10. The number of hydrogen-bond acceptors (Lipinski definition) is 5. The number of hydrogen-bond donors (Lipinski definition) is 0. The lowest BCUT2D eigenvalue weighted by Gasteiger charge is -2.23. The van der Waals surface area contributed by atoms with Crippen LogP contribution in [-0.2, 0) is 10.3 Å². The molecule has 0 N–H and O–H groups in total. The van der Waals surface area contributed by atoms with Crippen LogP contribution in [0.5, 0.6) is 5.75 Å². The summed E-state index contributed by atoms with van der Waals surface area (Å²) in [7, 11) is 0. The number of nitrogens with zero attached hydrogens (tertiary/aromatic N) is 2. The number of rotatable bonds is 4. The van der Waals surface area contributed by atoms with E-state index in [2.05, 4.69) is 10.1 Å². The standard InChI is InChI=1S/C17H21ClN2O3/c1-10-7-13(8-11(2)14(10)18)22-17(3,4)16-19-15(20-23-16)12-5-6-21-9-12/h7-8,12H,5-6,9H2,1-4H3/t12-/m0/s1. The second kappa shape index (κ2) is 6.13. The van der Waals surface area contributed by atoms with Crippen molar-refractivity contribution in [2.24, 2.45) is 0 Å². The summed E-state index contributed by atoms with van der Waals surface area (Å²) < 4.78 is 16.9. The average Bonchev–Trinajstić information content (AvgIpc) is 3.14. The van der Waals surface area contributed by atoms with Crippen molar-refractivity contribution in [3.63, 3.8) is 0 Å². The molecule has 1 atom stereocenters. The molecule has 2 aromatic rings. The Kier molecular flexibility index (Phi) is 4.34. The molecule has 5 nitrogen and oxygen atoms in total. The number of aromatic nitrogens is 2. The normalized spacial score (nSPS) is 18.4. The van der Waals surface area contributed by atoms with Crippen LogP contribution in [-0.4, -0.2) is 23.4 Å². The van der Waals surface area contributed by atoms with E-state index >= 15 is 0 Å². The van der Waals surface area contributed by atoms with Crippen LogP contribution in [0.15, 0.2) is 16.7 Å². The Hall–Kier alpha value is -1.59. The third kappa shape index (κ3) is 3.35. The van der Waals surface area contributed by atoms with Crippen LogP contribution in [0.3, 0.4) is 0 Å². The zero-order valence-electron chi connectivity index (χ0n) is 13.9. The molecule has 2 heterocycles. The van der Waals surface area contributed by atoms with Crippen LogP contribution < -0.4 is 4.74 Å². The molecule has 0 aliphatic carbocycles. The van der Waals surface area contributed by atoms with E-state index < -0.39 is 5.60 Å². The van der Waals surface area contributed by atoms with Gasteiger partial charge in [-0.15, -0.1) is 0 Å². The lowest BCUT2D eigenvalue weighted by Crippen LogP contribution is -2.26. The first-order valence-corrected chi connectivity index (χ1v) is 8.12. The Labute approximate surface area is 140 Å². The highest BCUT2D eigenvalue weighted by molar-refractivity contribution is 6.32. The van der Waals surface area contributed by atoms with Crippen molar-refractivity contribution in [2.45, 2.75) is 45.6 Å². The zero-order chi connectivity index (χ0) is 16.6. The maximum atomic E-state index is 6.21.